The average Bonchev–Trinajstić information content (AvgIpc) is 1.82. The van der Waals surface area contributed by atoms with E-state index < -0.39 is 32.5 Å². The fourth-order valence-corrected chi connectivity index (χ4v) is 0. The van der Waals surface area contributed by atoms with Gasteiger partial charge in [0.1, 0.15) is 0 Å². The van der Waals surface area contributed by atoms with Crippen molar-refractivity contribution in [2.75, 3.05) is 0 Å². The van der Waals surface area contributed by atoms with Crippen LogP contribution in [0, 0.1) is 6.92 Å². The number of rotatable bonds is 1. The minimum absolute atomic E-state index is 1.07. The normalized spacial score (nSPS) is 9.69. The van der Waals surface area contributed by atoms with E-state index in [0.717, 1.165) is 6.42 Å². The van der Waals surface area contributed by atoms with E-state index in [0.29, 0.717) is 0 Å². The van der Waals surface area contributed by atoms with Gasteiger partial charge in [-0.05, 0) is 0 Å². The third kappa shape index (κ3) is 156. The summed E-state index contributed by atoms with van der Waals surface area (Å²) >= 11 is -4.46. The predicted octanol–water partition coefficient (Wildman–Crippen LogP) is 5.21. The van der Waals surface area contributed by atoms with Gasteiger partial charge in [-0.15, -0.1) is 0 Å². The Kier molecular flexibility index (Phi) is 24.7. The van der Waals surface area contributed by atoms with Gasteiger partial charge in [0.25, 0.3) is 0 Å². The molecule has 0 amide bonds. The number of unbranched alkanes of at least 4 members (excludes halogenated alkanes) is 1. The van der Waals surface area contributed by atoms with Crippen LogP contribution in [0.1, 0.15) is 19.8 Å². The van der Waals surface area contributed by atoms with Crippen molar-refractivity contribution in [1.82, 2.24) is 0 Å². The van der Waals surface area contributed by atoms with Gasteiger partial charge in [0.2, 0.25) is 0 Å². The van der Waals surface area contributed by atoms with E-state index >= 15 is 0 Å². The van der Waals surface area contributed by atoms with Gasteiger partial charge < -0.3 is 0 Å². The van der Waals surface area contributed by atoms with Crippen LogP contribution < -0.4 is 0 Å². The Balaban J connectivity index is -0.000000117. The molecule has 0 spiro atoms. The topological polar surface area (TPSA) is 0 Å². The van der Waals surface area contributed by atoms with Crippen molar-refractivity contribution in [3.63, 3.8) is 0 Å². The number of halogens is 5. The van der Waals surface area contributed by atoms with E-state index in [2.05, 4.69) is 13.8 Å². The molecule has 0 rings (SSSR count). The zero-order valence-electron chi connectivity index (χ0n) is 8.09. The summed E-state index contributed by atoms with van der Waals surface area (Å²) < 4.78 is 0. The molecule has 0 saturated heterocycles. The van der Waals surface area contributed by atoms with Crippen LogP contribution in [0.2, 0.25) is 9.88 Å². The van der Waals surface area contributed by atoms with Crippen molar-refractivity contribution < 1.29 is 0 Å². The first-order valence-corrected chi connectivity index (χ1v) is 29.2. The third-order valence-electron chi connectivity index (χ3n) is 0.354. The van der Waals surface area contributed by atoms with Crippen LogP contribution in [0.15, 0.2) is 0 Å². The maximum atomic E-state index is 5.51. The number of hydrogen-bond donors (Lipinski definition) is 0. The molecule has 0 atom stereocenters. The molecule has 0 nitrogen and oxygen atoms in total. The van der Waals surface area contributed by atoms with Crippen molar-refractivity contribution in [2.45, 2.75) is 29.6 Å². The standard InChI is InChI=1S/C4H9.2CH3.5ClH.2Sn.H/c1-3-4-2;;;;;;;;;;/h1,3-4H2,2H3;2*1H3;5*1H;;;/q;;;;;;;;+2;+3;/p-5. The molecule has 0 fully saturated rings. The Morgan fingerprint density at radius 1 is 1.15 bits per heavy atom. The molecular formula is C6H16Cl5Sn2. The molecule has 0 N–H and O–H groups in total. The van der Waals surface area contributed by atoms with Gasteiger partial charge in [0.15, 0.2) is 0 Å². The van der Waals surface area contributed by atoms with Crippen LogP contribution in [0.25, 0.3) is 0 Å². The molecular weight excluding hydrogens is 487 g/mol. The second-order valence-corrected chi connectivity index (χ2v) is 38.7. The van der Waals surface area contributed by atoms with Gasteiger partial charge in [-0.2, -0.15) is 0 Å². The summed E-state index contributed by atoms with van der Waals surface area (Å²) in [6.45, 7) is 5.72. The van der Waals surface area contributed by atoms with Crippen LogP contribution in [0.5, 0.6) is 0 Å². The van der Waals surface area contributed by atoms with Gasteiger partial charge in [0, 0.05) is 0 Å². The van der Waals surface area contributed by atoms with Gasteiger partial charge >= 0.3 is 87.0 Å². The Hall–Kier alpha value is 3.05. The first-order valence-electron chi connectivity index (χ1n) is 3.74. The van der Waals surface area contributed by atoms with E-state index in [-0.39, 0.29) is 0 Å². The van der Waals surface area contributed by atoms with Crippen LogP contribution in [-0.4, -0.2) is 32.5 Å². The Morgan fingerprint density at radius 3 is 1.23 bits per heavy atom. The number of hydrogen-bond acceptors (Lipinski definition) is 0. The third-order valence-corrected chi connectivity index (χ3v) is 0.354. The fraction of sp³-hybridized carbons (Fsp3) is 0.833. The molecule has 0 heterocycles. The Labute approximate surface area is 112 Å². The summed E-state index contributed by atoms with van der Waals surface area (Å²) in [7, 11) is 26.1. The van der Waals surface area contributed by atoms with Gasteiger partial charge in [-0.25, -0.2) is 0 Å². The van der Waals surface area contributed by atoms with Crippen molar-refractivity contribution in [3.8, 4) is 0 Å². The molecule has 0 aliphatic rings. The summed E-state index contributed by atoms with van der Waals surface area (Å²) in [5.41, 5.74) is 0. The molecule has 0 aromatic carbocycles. The summed E-state index contributed by atoms with van der Waals surface area (Å²) in [5.74, 6) is 0. The quantitative estimate of drug-likeness (QED) is 0.432. The summed E-state index contributed by atoms with van der Waals surface area (Å²) in [6, 6.07) is 0. The zero-order chi connectivity index (χ0) is 11.5. The molecule has 0 aliphatic heterocycles. The molecule has 0 unspecified atom stereocenters. The van der Waals surface area contributed by atoms with E-state index in [1.807, 2.05) is 9.88 Å². The van der Waals surface area contributed by atoms with Crippen molar-refractivity contribution in [3.05, 3.63) is 6.92 Å². The SMILES string of the molecule is [CH2]CCC.[CH3][Sn]([CH3])([Cl])[Cl].[Cl][SnH]([Cl])[Cl]. The second-order valence-electron chi connectivity index (χ2n) is 2.43. The van der Waals surface area contributed by atoms with Crippen LogP contribution >= 0.6 is 44.6 Å². The molecule has 0 aliphatic carbocycles. The first kappa shape index (κ1) is 21.3. The van der Waals surface area contributed by atoms with Gasteiger partial charge in [0.05, 0.1) is 0 Å². The second kappa shape index (κ2) is 15.0. The Morgan fingerprint density at radius 2 is 1.23 bits per heavy atom. The summed E-state index contributed by atoms with van der Waals surface area (Å²) in [5, 5.41) is 0. The van der Waals surface area contributed by atoms with E-state index in [9.17, 15) is 0 Å². The van der Waals surface area contributed by atoms with E-state index in [1.165, 1.54) is 6.42 Å². The Bertz CT molecular complexity index is 72.8. The molecule has 0 saturated carbocycles. The molecule has 7 heteroatoms. The molecule has 1 radical (unpaired) electrons. The van der Waals surface area contributed by atoms with Gasteiger partial charge in [-0.1, -0.05) is 26.7 Å². The molecule has 0 bridgehead atoms. The minimum atomic E-state index is -2.24. The van der Waals surface area contributed by atoms with E-state index in [4.69, 9.17) is 44.6 Å². The van der Waals surface area contributed by atoms with Crippen LogP contribution in [0.3, 0.4) is 0 Å². The molecule has 0 aromatic heterocycles. The van der Waals surface area contributed by atoms with Crippen molar-refractivity contribution in [2.24, 2.45) is 0 Å². The molecule has 83 valence electrons. The first-order chi connectivity index (χ1) is 5.65. The van der Waals surface area contributed by atoms with Crippen LogP contribution in [-0.2, 0) is 0 Å². The van der Waals surface area contributed by atoms with Gasteiger partial charge in [-0.3, -0.25) is 0 Å². The fourth-order valence-electron chi connectivity index (χ4n) is 0. The maximum absolute atomic E-state index is 5.51. The predicted molar refractivity (Wildman–Crippen MR) is 74.2 cm³/mol. The van der Waals surface area contributed by atoms with E-state index in [1.54, 1.807) is 0 Å². The van der Waals surface area contributed by atoms with Crippen LogP contribution in [0.4, 0.5) is 0 Å². The molecule has 13 heavy (non-hydrogen) atoms. The van der Waals surface area contributed by atoms with Crippen molar-refractivity contribution in [1.29, 1.82) is 0 Å². The zero-order valence-corrected chi connectivity index (χ0v) is 18.0. The van der Waals surface area contributed by atoms with Crippen molar-refractivity contribution >= 4 is 77.1 Å². The monoisotopic (exact) mass is 503 g/mol. The summed E-state index contributed by atoms with van der Waals surface area (Å²) in [6.07, 6.45) is 2.28. The average molecular weight is 503 g/mol. The summed E-state index contributed by atoms with van der Waals surface area (Å²) in [4.78, 5) is 3.86. The molecule has 0 aromatic rings.